The van der Waals surface area contributed by atoms with Gasteiger partial charge in [0, 0.05) is 67.7 Å². The molecule has 2 atom stereocenters. The summed E-state index contributed by atoms with van der Waals surface area (Å²) >= 11 is 0. The first-order valence-corrected chi connectivity index (χ1v) is 25.7. The molecular weight excluding hydrogens is 885 g/mol. The van der Waals surface area contributed by atoms with Gasteiger partial charge in [0.1, 0.15) is 18.0 Å². The van der Waals surface area contributed by atoms with E-state index in [-0.39, 0.29) is 46.7 Å². The van der Waals surface area contributed by atoms with Gasteiger partial charge in [-0.1, -0.05) is 38.1 Å². The van der Waals surface area contributed by atoms with Crippen molar-refractivity contribution in [2.24, 2.45) is 11.3 Å². The van der Waals surface area contributed by atoms with E-state index in [2.05, 4.69) is 73.2 Å². The average molecular weight is 947 g/mol. The van der Waals surface area contributed by atoms with Crippen LogP contribution in [-0.2, 0) is 10.0 Å². The minimum atomic E-state index is -4.68. The topological polar surface area (TPSA) is 204 Å². The number of carbonyl (C=O) groups excluding carboxylic acids is 1. The van der Waals surface area contributed by atoms with Crippen molar-refractivity contribution in [3.05, 3.63) is 99.7 Å². The maximum absolute atomic E-state index is 14.2. The molecule has 0 radical (unpaired) electrons. The highest BCUT2D eigenvalue weighted by Gasteiger charge is 2.50. The number of amides is 1. The van der Waals surface area contributed by atoms with Crippen molar-refractivity contribution in [2.45, 2.75) is 120 Å². The third-order valence-electron chi connectivity index (χ3n) is 15.6. The summed E-state index contributed by atoms with van der Waals surface area (Å²) in [5, 5.41) is 30.0. The first kappa shape index (κ1) is 45.9. The third-order valence-corrected chi connectivity index (χ3v) is 17.0. The lowest BCUT2D eigenvalue weighted by Crippen LogP contribution is -2.54. The maximum Gasteiger partial charge on any atom is 0.297 e. The van der Waals surface area contributed by atoms with Crippen molar-refractivity contribution in [1.29, 1.82) is 0 Å². The number of sulfonamides is 1. The molecule has 5 heterocycles. The van der Waals surface area contributed by atoms with Crippen LogP contribution in [0.2, 0.25) is 0 Å². The van der Waals surface area contributed by atoms with Gasteiger partial charge in [-0.05, 0) is 130 Å². The summed E-state index contributed by atoms with van der Waals surface area (Å²) in [6.07, 6.45) is 11.3. The predicted octanol–water partition coefficient (Wildman–Crippen LogP) is 9.25. The smallest absolute Gasteiger partial charge is 0.297 e. The van der Waals surface area contributed by atoms with E-state index in [4.69, 9.17) is 9.47 Å². The van der Waals surface area contributed by atoms with Crippen molar-refractivity contribution in [2.75, 3.05) is 48.8 Å². The van der Waals surface area contributed by atoms with E-state index in [1.165, 1.54) is 42.9 Å². The van der Waals surface area contributed by atoms with E-state index in [9.17, 15) is 28.4 Å². The third kappa shape index (κ3) is 8.84. The molecule has 0 unspecified atom stereocenters. The van der Waals surface area contributed by atoms with Gasteiger partial charge < -0.3 is 35.1 Å². The van der Waals surface area contributed by atoms with E-state index in [1.807, 2.05) is 19.1 Å². The number of aromatic nitrogens is 2. The Morgan fingerprint density at radius 1 is 1.00 bits per heavy atom. The van der Waals surface area contributed by atoms with Crippen LogP contribution in [0.1, 0.15) is 118 Å². The predicted molar refractivity (Wildman–Crippen MR) is 262 cm³/mol. The van der Waals surface area contributed by atoms with Crippen LogP contribution in [-0.4, -0.2) is 90.2 Å². The normalized spacial score (nSPS) is 24.0. The molecule has 4 fully saturated rings. The van der Waals surface area contributed by atoms with Crippen molar-refractivity contribution in [3.63, 3.8) is 0 Å². The van der Waals surface area contributed by atoms with E-state index >= 15 is 0 Å². The summed E-state index contributed by atoms with van der Waals surface area (Å²) in [5.41, 5.74) is 3.49. The summed E-state index contributed by atoms with van der Waals surface area (Å²) in [6, 6.07) is 20.7. The number of H-pyrrole nitrogens is 1. The molecule has 2 saturated heterocycles. The van der Waals surface area contributed by atoms with Crippen LogP contribution in [0.3, 0.4) is 0 Å². The van der Waals surface area contributed by atoms with Crippen LogP contribution >= 0.6 is 0 Å². The summed E-state index contributed by atoms with van der Waals surface area (Å²) in [5.74, 6) is 0.468. The Hall–Kier alpha value is -5.91. The number of ether oxygens (including phenoxy) is 2. The van der Waals surface area contributed by atoms with Gasteiger partial charge in [-0.3, -0.25) is 19.8 Å². The Kier molecular flexibility index (Phi) is 12.1. The molecule has 68 heavy (non-hydrogen) atoms. The molecule has 5 N–H and O–H groups in total. The molecule has 0 bridgehead atoms. The monoisotopic (exact) mass is 946 g/mol. The van der Waals surface area contributed by atoms with Gasteiger partial charge in [0.15, 0.2) is 23.0 Å². The lowest BCUT2D eigenvalue weighted by atomic mass is 9.59. The van der Waals surface area contributed by atoms with E-state index in [1.54, 1.807) is 31.4 Å². The number of likely N-dealkylation sites (tertiary alicyclic amines) is 1. The number of benzene rings is 3. The van der Waals surface area contributed by atoms with Gasteiger partial charge in [-0.15, -0.1) is 0 Å². The van der Waals surface area contributed by atoms with Gasteiger partial charge in [0.05, 0.1) is 27.0 Å². The largest absolute Gasteiger partial charge is 0.489 e. The minimum Gasteiger partial charge on any atom is -0.489 e. The summed E-state index contributed by atoms with van der Waals surface area (Å²) in [4.78, 5) is 38.4. The second kappa shape index (κ2) is 17.9. The zero-order chi connectivity index (χ0) is 47.5. The fourth-order valence-corrected chi connectivity index (χ4v) is 12.7. The lowest BCUT2D eigenvalue weighted by molar-refractivity contribution is -0.384. The molecular formula is C51H62N8O8S. The highest BCUT2D eigenvalue weighted by molar-refractivity contribution is 7.90. The number of hydrogen-bond acceptors (Lipinski definition) is 13. The van der Waals surface area contributed by atoms with E-state index < -0.39 is 37.0 Å². The van der Waals surface area contributed by atoms with Gasteiger partial charge in [0.2, 0.25) is 0 Å². The number of hydrogen-bond donors (Lipinski definition) is 5. The number of aliphatic hydroxyl groups is 1. The molecule has 3 aromatic carbocycles. The fraction of sp³-hybridized carbons (Fsp3) is 0.490. The molecule has 5 aliphatic rings. The average Bonchev–Trinajstić information content (AvgIpc) is 3.99. The molecule has 10 rings (SSSR count). The Morgan fingerprint density at radius 2 is 1.76 bits per heavy atom. The number of carbonyl (C=O) groups is 1. The number of pyridine rings is 1. The van der Waals surface area contributed by atoms with Crippen LogP contribution in [0, 0.1) is 21.4 Å². The van der Waals surface area contributed by atoms with Crippen molar-refractivity contribution in [1.82, 2.24) is 19.6 Å². The zero-order valence-electron chi connectivity index (χ0n) is 39.2. The van der Waals surface area contributed by atoms with Crippen molar-refractivity contribution in [3.8, 4) is 17.2 Å². The summed E-state index contributed by atoms with van der Waals surface area (Å²) < 4.78 is 42.8. The molecule has 2 saturated carbocycles. The number of nitrogens with zero attached hydrogens (tertiary/aromatic N) is 4. The minimum absolute atomic E-state index is 0.0000788. The molecule has 360 valence electrons. The Morgan fingerprint density at radius 3 is 2.50 bits per heavy atom. The number of fused-ring (bicyclic) bond motifs is 2. The van der Waals surface area contributed by atoms with Crippen LogP contribution in [0.4, 0.5) is 22.9 Å². The molecule has 2 aliphatic carbocycles. The highest BCUT2D eigenvalue weighted by atomic mass is 32.2. The number of anilines is 3. The Labute approximate surface area is 397 Å². The van der Waals surface area contributed by atoms with Crippen molar-refractivity contribution < 1.29 is 32.7 Å². The summed E-state index contributed by atoms with van der Waals surface area (Å²) in [7, 11) is -2.97. The second-order valence-electron chi connectivity index (χ2n) is 20.4. The van der Waals surface area contributed by atoms with Gasteiger partial charge in [-0.2, -0.15) is 0 Å². The maximum atomic E-state index is 14.2. The van der Waals surface area contributed by atoms with Crippen LogP contribution < -0.4 is 29.7 Å². The van der Waals surface area contributed by atoms with Crippen LogP contribution in [0.25, 0.3) is 11.0 Å². The first-order valence-electron chi connectivity index (χ1n) is 24.2. The van der Waals surface area contributed by atoms with Gasteiger partial charge in [-0.25, -0.2) is 18.1 Å². The molecule has 16 nitrogen and oxygen atoms in total. The molecule has 5 aromatic rings. The second-order valence-corrected chi connectivity index (χ2v) is 22.1. The highest BCUT2D eigenvalue weighted by Crippen LogP contribution is 2.54. The van der Waals surface area contributed by atoms with E-state index in [0.717, 1.165) is 49.6 Å². The molecule has 17 heteroatoms. The standard InChI is InChI=1S/C51H62N8O8S/c1-31(2)37-8-5-6-9-38(37)41-10-7-21-58(41)35-28-51(29-35)18-22-57(23-19-51)34-11-12-39(43(25-34)67-45-24-33-15-20-53-47(33)55-48(45)52-4)49(60)56-68(64,65)36-26-42(59(62)63)46-44(27-36)66-30-40(54-46)32-13-16-50(3,61)17-14-32/h5-6,8-9,11-12,15,20,24-27,31-32,35,40-41,54,61H,7,10,13-14,16-19,21-23,28-30H2,1-4H3,(H,56,60)(H2,52,53,55)/t32?,40-,41+,50?/m1/s1. The molecule has 2 aromatic heterocycles. The van der Waals surface area contributed by atoms with E-state index in [0.29, 0.717) is 60.9 Å². The Balaban J connectivity index is 0.875. The number of piperidine rings is 1. The van der Waals surface area contributed by atoms with Crippen LogP contribution in [0.15, 0.2) is 77.8 Å². The SMILES string of the molecule is CNc1nc2[nH]ccc2cc1Oc1cc(N2CCC3(CC2)CC(N2CCC[C@H]2c2ccccc2C(C)C)C3)ccc1C(=O)NS(=O)(=O)c1cc2c(c([N+](=O)[O-])c1)N[C@@H](C1CCC(C)(O)CC1)CO2. The molecule has 1 amide bonds. The lowest BCUT2D eigenvalue weighted by Gasteiger charge is -2.56. The number of nitrogens with one attached hydrogen (secondary N) is 4. The molecule has 1 spiro atoms. The number of nitro benzene ring substituents is 1. The zero-order valence-corrected chi connectivity index (χ0v) is 40.0. The number of aromatic amines is 1. The molecule has 3 aliphatic heterocycles. The van der Waals surface area contributed by atoms with Gasteiger partial charge >= 0.3 is 0 Å². The number of rotatable bonds is 12. The quantitative estimate of drug-likeness (QED) is 0.0585. The van der Waals surface area contributed by atoms with Crippen LogP contribution in [0.5, 0.6) is 17.2 Å². The Bertz CT molecular complexity index is 2840. The van der Waals surface area contributed by atoms with Crippen molar-refractivity contribution >= 4 is 49.8 Å². The first-order chi connectivity index (χ1) is 32.6. The summed E-state index contributed by atoms with van der Waals surface area (Å²) in [6.45, 7) is 9.32. The van der Waals surface area contributed by atoms with Gasteiger partial charge in [0.25, 0.3) is 21.6 Å². The number of nitro groups is 1. The fourth-order valence-electron chi connectivity index (χ4n) is 11.7.